The molecule has 2 heterocycles. The molecule has 0 aliphatic rings. The van der Waals surface area contributed by atoms with Gasteiger partial charge in [-0.3, -0.25) is 4.72 Å². The Balaban J connectivity index is 1.83. The van der Waals surface area contributed by atoms with Gasteiger partial charge in [0, 0.05) is 6.07 Å². The maximum absolute atomic E-state index is 12.6. The Bertz CT molecular complexity index is 1050. The number of methoxy groups -OCH3 is 1. The van der Waals surface area contributed by atoms with Crippen LogP contribution in [0.4, 0.5) is 5.69 Å². The van der Waals surface area contributed by atoms with E-state index in [0.717, 1.165) is 11.3 Å². The van der Waals surface area contributed by atoms with Crippen LogP contribution in [0.15, 0.2) is 51.2 Å². The molecule has 0 bridgehead atoms. The number of rotatable bonds is 7. The summed E-state index contributed by atoms with van der Waals surface area (Å²) in [5.41, 5.74) is 0.357. The number of ether oxygens (including phenoxy) is 2. The zero-order chi connectivity index (χ0) is 19.4. The average Bonchev–Trinajstić information content (AvgIpc) is 3.32. The molecule has 3 rings (SSSR count). The number of thiophene rings is 1. The number of sulfonamides is 1. The summed E-state index contributed by atoms with van der Waals surface area (Å²) in [7, 11) is -2.36. The Kier molecular flexibility index (Phi) is 5.47. The van der Waals surface area contributed by atoms with Gasteiger partial charge in [-0.2, -0.15) is 0 Å². The summed E-state index contributed by atoms with van der Waals surface area (Å²) >= 11 is 0.987. The van der Waals surface area contributed by atoms with Crippen molar-refractivity contribution in [3.05, 3.63) is 48.2 Å². The molecule has 0 amide bonds. The van der Waals surface area contributed by atoms with E-state index in [1.54, 1.807) is 37.3 Å². The molecule has 1 N–H and O–H groups in total. The van der Waals surface area contributed by atoms with Gasteiger partial charge in [0.25, 0.3) is 10.0 Å². The number of hydrogen-bond acceptors (Lipinski definition) is 8. The second kappa shape index (κ2) is 7.80. The first-order chi connectivity index (χ1) is 12.9. The van der Waals surface area contributed by atoms with E-state index in [1.165, 1.54) is 19.2 Å². The van der Waals surface area contributed by atoms with E-state index in [1.807, 2.05) is 0 Å². The molecule has 0 saturated carbocycles. The van der Waals surface area contributed by atoms with Crippen molar-refractivity contribution in [1.29, 1.82) is 0 Å². The molecule has 0 fully saturated rings. The maximum Gasteiger partial charge on any atom is 0.360 e. The van der Waals surface area contributed by atoms with Crippen molar-refractivity contribution in [2.75, 3.05) is 18.4 Å². The minimum absolute atomic E-state index is 0.0248. The number of hydrogen-bond donors (Lipinski definition) is 1. The lowest BCUT2D eigenvalue weighted by molar-refractivity contribution is 0.0514. The van der Waals surface area contributed by atoms with Gasteiger partial charge in [0.1, 0.15) is 9.96 Å². The van der Waals surface area contributed by atoms with Gasteiger partial charge >= 0.3 is 5.97 Å². The molecule has 8 nitrogen and oxygen atoms in total. The summed E-state index contributed by atoms with van der Waals surface area (Å²) < 4.78 is 43.0. The summed E-state index contributed by atoms with van der Waals surface area (Å²) in [5, 5.41) is 3.65. The van der Waals surface area contributed by atoms with Gasteiger partial charge in [0.15, 0.2) is 11.5 Å². The van der Waals surface area contributed by atoms with Gasteiger partial charge < -0.3 is 14.0 Å². The maximum atomic E-state index is 12.6. The zero-order valence-corrected chi connectivity index (χ0v) is 16.1. The lowest BCUT2D eigenvalue weighted by atomic mass is 10.3. The molecular formula is C17H16N2O6S2. The van der Waals surface area contributed by atoms with E-state index in [-0.39, 0.29) is 22.3 Å². The van der Waals surface area contributed by atoms with E-state index < -0.39 is 16.0 Å². The van der Waals surface area contributed by atoms with Crippen LogP contribution in [0.2, 0.25) is 0 Å². The number of para-hydroxylation sites is 2. The Morgan fingerprint density at radius 2 is 2.04 bits per heavy atom. The van der Waals surface area contributed by atoms with Crippen molar-refractivity contribution in [1.82, 2.24) is 5.16 Å². The average molecular weight is 408 g/mol. The van der Waals surface area contributed by atoms with Crippen LogP contribution in [0.25, 0.3) is 10.6 Å². The number of aromatic nitrogens is 1. The molecule has 0 unspecified atom stereocenters. The first kappa shape index (κ1) is 18.9. The summed E-state index contributed by atoms with van der Waals surface area (Å²) in [4.78, 5) is 12.2. The Morgan fingerprint density at radius 3 is 2.78 bits per heavy atom. The van der Waals surface area contributed by atoms with E-state index in [4.69, 9.17) is 14.0 Å². The fourth-order valence-electron chi connectivity index (χ4n) is 2.21. The molecule has 3 aromatic rings. The molecule has 0 aliphatic heterocycles. The number of carbonyl (C=O) groups excluding carboxylic acids is 1. The van der Waals surface area contributed by atoms with Crippen LogP contribution >= 0.6 is 11.3 Å². The number of nitrogens with zero attached hydrogens (tertiary/aromatic N) is 1. The minimum atomic E-state index is -3.82. The fourth-order valence-corrected chi connectivity index (χ4v) is 4.54. The normalized spacial score (nSPS) is 11.2. The molecule has 142 valence electrons. The lowest BCUT2D eigenvalue weighted by Gasteiger charge is -2.10. The highest BCUT2D eigenvalue weighted by Crippen LogP contribution is 2.33. The highest BCUT2D eigenvalue weighted by molar-refractivity contribution is 7.94. The van der Waals surface area contributed by atoms with Crippen LogP contribution < -0.4 is 9.46 Å². The molecule has 0 radical (unpaired) electrons. The second-order valence-corrected chi connectivity index (χ2v) is 8.21. The third kappa shape index (κ3) is 4.12. The first-order valence-corrected chi connectivity index (χ1v) is 10.1. The number of nitrogens with one attached hydrogen (secondary N) is 1. The predicted octanol–water partition coefficient (Wildman–Crippen LogP) is 3.39. The fraction of sp³-hybridized carbons (Fsp3) is 0.176. The molecule has 10 heteroatoms. The largest absolute Gasteiger partial charge is 0.495 e. The number of benzene rings is 1. The van der Waals surface area contributed by atoms with Crippen LogP contribution in [0.3, 0.4) is 0 Å². The Labute approximate surface area is 159 Å². The summed E-state index contributed by atoms with van der Waals surface area (Å²) in [6, 6.07) is 11.1. The minimum Gasteiger partial charge on any atom is -0.495 e. The molecule has 0 spiro atoms. The monoisotopic (exact) mass is 408 g/mol. The molecule has 0 saturated heterocycles. The van der Waals surface area contributed by atoms with Gasteiger partial charge in [-0.05, 0) is 31.2 Å². The smallest absolute Gasteiger partial charge is 0.360 e. The van der Waals surface area contributed by atoms with Crippen molar-refractivity contribution in [3.8, 4) is 16.4 Å². The van der Waals surface area contributed by atoms with E-state index in [2.05, 4.69) is 9.88 Å². The molecule has 0 atom stereocenters. The molecular weight excluding hydrogens is 392 g/mol. The van der Waals surface area contributed by atoms with Crippen molar-refractivity contribution in [3.63, 3.8) is 0 Å². The first-order valence-electron chi connectivity index (χ1n) is 7.84. The summed E-state index contributed by atoms with van der Waals surface area (Å²) in [6.45, 7) is 1.90. The van der Waals surface area contributed by atoms with Crippen LogP contribution in [-0.4, -0.2) is 33.3 Å². The van der Waals surface area contributed by atoms with Crippen molar-refractivity contribution >= 4 is 33.0 Å². The molecule has 27 heavy (non-hydrogen) atoms. The standard InChI is InChI=1S/C17H16N2O6S2/c1-3-24-17(20)12-10-14(25-18-12)15-8-9-16(26-15)27(21,22)19-11-6-4-5-7-13(11)23-2/h4-10,19H,3H2,1-2H3. The van der Waals surface area contributed by atoms with Crippen LogP contribution in [-0.2, 0) is 14.8 Å². The second-order valence-electron chi connectivity index (χ2n) is 5.22. The van der Waals surface area contributed by atoms with Gasteiger partial charge in [0.05, 0.1) is 24.3 Å². The predicted molar refractivity (Wildman–Crippen MR) is 99.6 cm³/mol. The number of anilines is 1. The third-order valence-electron chi connectivity index (χ3n) is 3.44. The van der Waals surface area contributed by atoms with Gasteiger partial charge in [-0.25, -0.2) is 13.2 Å². The topological polar surface area (TPSA) is 108 Å². The van der Waals surface area contributed by atoms with Crippen LogP contribution in [0.1, 0.15) is 17.4 Å². The molecule has 2 aromatic heterocycles. The van der Waals surface area contributed by atoms with Crippen molar-refractivity contribution in [2.45, 2.75) is 11.1 Å². The van der Waals surface area contributed by atoms with Gasteiger partial charge in [-0.1, -0.05) is 17.3 Å². The zero-order valence-electron chi connectivity index (χ0n) is 14.5. The van der Waals surface area contributed by atoms with E-state index in [9.17, 15) is 13.2 Å². The lowest BCUT2D eigenvalue weighted by Crippen LogP contribution is -2.12. The summed E-state index contributed by atoms with van der Waals surface area (Å²) in [5.74, 6) is 0.0868. The summed E-state index contributed by atoms with van der Waals surface area (Å²) in [6.07, 6.45) is 0. The van der Waals surface area contributed by atoms with Gasteiger partial charge in [0.2, 0.25) is 0 Å². The van der Waals surface area contributed by atoms with Crippen molar-refractivity contribution in [2.24, 2.45) is 0 Å². The highest BCUT2D eigenvalue weighted by Gasteiger charge is 2.21. The molecule has 1 aromatic carbocycles. The Morgan fingerprint density at radius 1 is 1.26 bits per heavy atom. The van der Waals surface area contributed by atoms with Crippen LogP contribution in [0.5, 0.6) is 5.75 Å². The third-order valence-corrected chi connectivity index (χ3v) is 6.39. The van der Waals surface area contributed by atoms with Crippen molar-refractivity contribution < 1.29 is 27.2 Å². The van der Waals surface area contributed by atoms with E-state index >= 15 is 0 Å². The Hall–Kier alpha value is -2.85. The molecule has 0 aliphatic carbocycles. The number of esters is 1. The number of carbonyl (C=O) groups is 1. The SMILES string of the molecule is CCOC(=O)c1cc(-c2ccc(S(=O)(=O)Nc3ccccc3OC)s2)on1. The quantitative estimate of drug-likeness (QED) is 0.597. The van der Waals surface area contributed by atoms with Gasteiger partial charge in [-0.15, -0.1) is 11.3 Å². The highest BCUT2D eigenvalue weighted by atomic mass is 32.2. The van der Waals surface area contributed by atoms with Crippen LogP contribution in [0, 0.1) is 0 Å². The van der Waals surface area contributed by atoms with E-state index in [0.29, 0.717) is 16.3 Å².